The van der Waals surface area contributed by atoms with Crippen molar-refractivity contribution in [3.05, 3.63) is 113 Å². The number of nitrogens with zero attached hydrogens (tertiary/aromatic N) is 2. The number of fused-ring (bicyclic) bond motifs is 2. The molecule has 5 aromatic carbocycles. The van der Waals surface area contributed by atoms with Gasteiger partial charge in [-0.25, -0.2) is 0 Å². The van der Waals surface area contributed by atoms with Gasteiger partial charge in [0.2, 0.25) is 0 Å². The van der Waals surface area contributed by atoms with E-state index in [1.165, 1.54) is 12.5 Å². The molecule has 0 fully saturated rings. The number of hydrogen-bond acceptors (Lipinski definition) is 5. The summed E-state index contributed by atoms with van der Waals surface area (Å²) >= 11 is 0. The van der Waals surface area contributed by atoms with E-state index >= 15 is 0 Å². The fourth-order valence-corrected chi connectivity index (χ4v) is 4.32. The van der Waals surface area contributed by atoms with Gasteiger partial charge >= 0.3 is 0 Å². The number of hydrogen-bond donors (Lipinski definition) is 2. The van der Waals surface area contributed by atoms with E-state index in [-0.39, 0.29) is 5.91 Å². The number of methoxy groups -OCH3 is 1. The molecular formula is C32H26N4O2. The average molecular weight is 499 g/mol. The van der Waals surface area contributed by atoms with Crippen molar-refractivity contribution in [1.29, 1.82) is 10.5 Å². The Morgan fingerprint density at radius 1 is 0.842 bits per heavy atom. The zero-order valence-corrected chi connectivity index (χ0v) is 21.4. The Hall–Kier alpha value is -5.33. The molecule has 0 unspecified atom stereocenters. The number of nitrogens with one attached hydrogen (secondary N) is 1. The minimum Gasteiger partial charge on any atom is -0.496 e. The van der Waals surface area contributed by atoms with Crippen LogP contribution in [0.25, 0.3) is 21.5 Å². The van der Waals surface area contributed by atoms with Crippen LogP contribution in [0.1, 0.15) is 32.6 Å². The van der Waals surface area contributed by atoms with E-state index < -0.39 is 0 Å². The van der Waals surface area contributed by atoms with E-state index in [2.05, 4.69) is 35.7 Å². The summed E-state index contributed by atoms with van der Waals surface area (Å²) in [6.07, 6.45) is 0. The van der Waals surface area contributed by atoms with Gasteiger partial charge in [0.15, 0.2) is 0 Å². The summed E-state index contributed by atoms with van der Waals surface area (Å²) in [5, 5.41) is 25.4. The number of nitriles is 2. The maximum Gasteiger partial charge on any atom is 0.259 e. The minimum absolute atomic E-state index is 0.301. The molecular weight excluding hydrogens is 472 g/mol. The van der Waals surface area contributed by atoms with Crippen LogP contribution in [0.15, 0.2) is 84.9 Å². The van der Waals surface area contributed by atoms with Crippen LogP contribution in [0.3, 0.4) is 0 Å². The number of ether oxygens (including phenoxy) is 1. The third-order valence-corrected chi connectivity index (χ3v) is 6.25. The van der Waals surface area contributed by atoms with Gasteiger partial charge in [0, 0.05) is 5.39 Å². The lowest BCUT2D eigenvalue weighted by Gasteiger charge is -2.10. The Kier molecular flexibility index (Phi) is 7.56. The molecule has 0 aromatic heterocycles. The number of rotatable bonds is 3. The van der Waals surface area contributed by atoms with Crippen molar-refractivity contribution < 1.29 is 9.53 Å². The summed E-state index contributed by atoms with van der Waals surface area (Å²) in [5.74, 6) is 0.195. The molecule has 0 heterocycles. The smallest absolute Gasteiger partial charge is 0.259 e. The molecule has 0 bridgehead atoms. The summed E-state index contributed by atoms with van der Waals surface area (Å²) in [4.78, 5) is 12.3. The first-order chi connectivity index (χ1) is 18.4. The summed E-state index contributed by atoms with van der Waals surface area (Å²) in [6.45, 7) is 3.93. The number of carbonyl (C=O) groups excluding carboxylic acids is 1. The highest BCUT2D eigenvalue weighted by molar-refractivity contribution is 6.07. The van der Waals surface area contributed by atoms with Crippen LogP contribution in [-0.2, 0) is 0 Å². The molecule has 0 spiro atoms. The molecule has 0 atom stereocenters. The lowest BCUT2D eigenvalue weighted by Crippen LogP contribution is -2.14. The maximum atomic E-state index is 12.3. The van der Waals surface area contributed by atoms with Crippen LogP contribution >= 0.6 is 0 Å². The summed E-state index contributed by atoms with van der Waals surface area (Å²) in [6, 6.07) is 30.7. The van der Waals surface area contributed by atoms with E-state index in [0.29, 0.717) is 33.8 Å². The van der Waals surface area contributed by atoms with Gasteiger partial charge < -0.3 is 15.8 Å². The second-order valence-corrected chi connectivity index (χ2v) is 8.83. The fourth-order valence-electron chi connectivity index (χ4n) is 4.32. The molecule has 0 aliphatic carbocycles. The second kappa shape index (κ2) is 11.2. The van der Waals surface area contributed by atoms with Gasteiger partial charge in [0.05, 0.1) is 35.2 Å². The number of anilines is 2. The van der Waals surface area contributed by atoms with Crippen molar-refractivity contribution in [2.24, 2.45) is 0 Å². The van der Waals surface area contributed by atoms with E-state index in [1.807, 2.05) is 44.2 Å². The Labute approximate surface area is 221 Å². The van der Waals surface area contributed by atoms with Crippen molar-refractivity contribution in [3.8, 4) is 17.9 Å². The molecule has 0 saturated carbocycles. The Bertz CT molecular complexity index is 1760. The lowest BCUT2D eigenvalue weighted by atomic mass is 9.96. The van der Waals surface area contributed by atoms with Crippen LogP contribution in [0.5, 0.6) is 5.75 Å². The molecule has 0 aliphatic heterocycles. The maximum absolute atomic E-state index is 12.3. The van der Waals surface area contributed by atoms with Gasteiger partial charge in [-0.15, -0.1) is 0 Å². The SMILES string of the molecule is COc1ccccc1C(=O)Nc1cc(C)ccc1C#N.Cc1cc(N)c(C#N)c2cc3ccccc3cc12. The fraction of sp³-hybridized carbons (Fsp3) is 0.0938. The zero-order valence-electron chi connectivity index (χ0n) is 21.4. The molecule has 5 aromatic rings. The normalized spacial score (nSPS) is 10.1. The quantitative estimate of drug-likeness (QED) is 0.208. The highest BCUT2D eigenvalue weighted by atomic mass is 16.5. The molecule has 0 aliphatic rings. The van der Waals surface area contributed by atoms with E-state index in [1.54, 1.807) is 36.4 Å². The summed E-state index contributed by atoms with van der Waals surface area (Å²) < 4.78 is 5.16. The van der Waals surface area contributed by atoms with Crippen LogP contribution in [-0.4, -0.2) is 13.0 Å². The van der Waals surface area contributed by atoms with Crippen molar-refractivity contribution in [1.82, 2.24) is 0 Å². The number of nitrogens with two attached hydrogens (primary N) is 1. The predicted molar refractivity (Wildman–Crippen MR) is 152 cm³/mol. The molecule has 186 valence electrons. The van der Waals surface area contributed by atoms with Gasteiger partial charge in [0.25, 0.3) is 5.91 Å². The first-order valence-electron chi connectivity index (χ1n) is 11.9. The Morgan fingerprint density at radius 2 is 1.50 bits per heavy atom. The van der Waals surface area contributed by atoms with Crippen molar-refractivity contribution >= 4 is 38.8 Å². The monoisotopic (exact) mass is 498 g/mol. The van der Waals surface area contributed by atoms with Crippen LogP contribution in [0.2, 0.25) is 0 Å². The largest absolute Gasteiger partial charge is 0.496 e. The minimum atomic E-state index is -0.301. The van der Waals surface area contributed by atoms with Gasteiger partial charge in [-0.3, -0.25) is 4.79 Å². The molecule has 6 heteroatoms. The number of amides is 1. The van der Waals surface area contributed by atoms with Gasteiger partial charge in [-0.1, -0.05) is 42.5 Å². The van der Waals surface area contributed by atoms with Gasteiger partial charge in [-0.2, -0.15) is 10.5 Å². The zero-order chi connectivity index (χ0) is 27.2. The third kappa shape index (κ3) is 5.26. The standard InChI is InChI=1S/C16H14N2O2.C16H12N2/c1-11-7-8-12(10-17)14(9-11)18-16(19)13-5-3-4-6-15(13)20-2;1-10-6-16(18)15(9-17)14-8-12-5-3-2-4-11(12)7-13(10)14/h3-9H,1-2H3,(H,18,19);2-8H,18H2,1H3. The molecule has 6 nitrogen and oxygen atoms in total. The predicted octanol–water partition coefficient (Wildman–Crippen LogP) is 6.88. The number of benzene rings is 5. The molecule has 5 rings (SSSR count). The highest BCUT2D eigenvalue weighted by Gasteiger charge is 2.13. The van der Waals surface area contributed by atoms with E-state index in [4.69, 9.17) is 15.7 Å². The van der Waals surface area contributed by atoms with Crippen molar-refractivity contribution in [3.63, 3.8) is 0 Å². The third-order valence-electron chi connectivity index (χ3n) is 6.25. The number of nitrogen functional groups attached to an aromatic ring is 1. The number of para-hydroxylation sites is 1. The first-order valence-corrected chi connectivity index (χ1v) is 11.9. The number of aryl methyl sites for hydroxylation is 2. The van der Waals surface area contributed by atoms with Crippen molar-refractivity contribution in [2.45, 2.75) is 13.8 Å². The van der Waals surface area contributed by atoms with E-state index in [9.17, 15) is 10.1 Å². The summed E-state index contributed by atoms with van der Waals surface area (Å²) in [7, 11) is 1.51. The molecule has 1 amide bonds. The molecule has 38 heavy (non-hydrogen) atoms. The highest BCUT2D eigenvalue weighted by Crippen LogP contribution is 2.31. The number of carbonyl (C=O) groups is 1. The van der Waals surface area contributed by atoms with Crippen LogP contribution < -0.4 is 15.8 Å². The van der Waals surface area contributed by atoms with E-state index in [0.717, 1.165) is 27.3 Å². The van der Waals surface area contributed by atoms with Crippen molar-refractivity contribution in [2.75, 3.05) is 18.2 Å². The molecule has 0 radical (unpaired) electrons. The van der Waals surface area contributed by atoms with Gasteiger partial charge in [-0.05, 0) is 83.6 Å². The van der Waals surface area contributed by atoms with Crippen LogP contribution in [0, 0.1) is 36.5 Å². The molecule has 0 saturated heterocycles. The Balaban J connectivity index is 0.000000178. The molecule has 3 N–H and O–H groups in total. The average Bonchev–Trinajstić information content (AvgIpc) is 2.93. The summed E-state index contributed by atoms with van der Waals surface area (Å²) in [5.41, 5.74) is 10.5. The van der Waals surface area contributed by atoms with Crippen LogP contribution in [0.4, 0.5) is 11.4 Å². The topological polar surface area (TPSA) is 112 Å². The lowest BCUT2D eigenvalue weighted by molar-refractivity contribution is 0.102. The first kappa shape index (κ1) is 25.8. The Morgan fingerprint density at radius 3 is 2.16 bits per heavy atom. The van der Waals surface area contributed by atoms with Gasteiger partial charge in [0.1, 0.15) is 17.9 Å². The second-order valence-electron chi connectivity index (χ2n) is 8.83.